The summed E-state index contributed by atoms with van der Waals surface area (Å²) in [4.78, 5) is 12.0. The first-order valence-electron chi connectivity index (χ1n) is 10.5. The van der Waals surface area contributed by atoms with Crippen LogP contribution in [0.25, 0.3) is 49.5 Å². The molecule has 0 radical (unpaired) electrons. The smallest absolute Gasteiger partial charge is 0.418 e. The molecule has 2 heterocycles. The van der Waals surface area contributed by atoms with Crippen LogP contribution in [-0.4, -0.2) is 22.3 Å². The summed E-state index contributed by atoms with van der Waals surface area (Å²) in [5, 5.41) is 3.46. The second-order valence-corrected chi connectivity index (χ2v) is 7.85. The Morgan fingerprint density at radius 3 is 2.25 bits per heavy atom. The number of ether oxygens (including phenoxy) is 1. The Hall–Kier alpha value is -4.31. The van der Waals surface area contributed by atoms with Gasteiger partial charge in [-0.25, -0.2) is 4.79 Å². The maximum Gasteiger partial charge on any atom is 0.418 e. The third-order valence-corrected chi connectivity index (χ3v) is 6.08. The molecule has 154 valence electrons. The van der Waals surface area contributed by atoms with Crippen LogP contribution in [0.1, 0.15) is 0 Å². The minimum Gasteiger partial charge on any atom is -0.452 e. The average Bonchev–Trinajstić information content (AvgIpc) is 3.42. The highest BCUT2D eigenvalue weighted by atomic mass is 16.5. The van der Waals surface area contributed by atoms with E-state index >= 15 is 0 Å². The van der Waals surface area contributed by atoms with Crippen LogP contribution in [-0.2, 0) is 4.74 Å². The molecule has 4 nitrogen and oxygen atoms in total. The third kappa shape index (κ3) is 2.73. The lowest BCUT2D eigenvalue weighted by Crippen LogP contribution is -2.09. The van der Waals surface area contributed by atoms with Gasteiger partial charge in [-0.05, 0) is 53.6 Å². The van der Waals surface area contributed by atoms with Crippen molar-refractivity contribution < 1.29 is 9.53 Å². The Balaban J connectivity index is 1.57. The van der Waals surface area contributed by atoms with E-state index in [1.807, 2.05) is 18.2 Å². The number of nitrogens with zero attached hydrogens (tertiary/aromatic N) is 2. The van der Waals surface area contributed by atoms with Gasteiger partial charge in [-0.3, -0.25) is 4.57 Å². The van der Waals surface area contributed by atoms with Gasteiger partial charge in [0, 0.05) is 28.0 Å². The summed E-state index contributed by atoms with van der Waals surface area (Å²) < 4.78 is 8.71. The largest absolute Gasteiger partial charge is 0.452 e. The summed E-state index contributed by atoms with van der Waals surface area (Å²) in [5.41, 5.74) is 6.57. The third-order valence-electron chi connectivity index (χ3n) is 6.08. The van der Waals surface area contributed by atoms with Gasteiger partial charge in [0.15, 0.2) is 0 Å². The van der Waals surface area contributed by atoms with Crippen LogP contribution in [0.15, 0.2) is 103 Å². The molecule has 0 saturated carbocycles. The maximum absolute atomic E-state index is 12.0. The molecule has 0 aliphatic heterocycles. The highest BCUT2D eigenvalue weighted by Gasteiger charge is 2.14. The molecule has 32 heavy (non-hydrogen) atoms. The molecular weight excluding hydrogens is 396 g/mol. The topological polar surface area (TPSA) is 36.2 Å². The van der Waals surface area contributed by atoms with Gasteiger partial charge in [-0.15, -0.1) is 0 Å². The summed E-state index contributed by atoms with van der Waals surface area (Å²) in [6.45, 7) is 0. The zero-order valence-corrected chi connectivity index (χ0v) is 17.5. The van der Waals surface area contributed by atoms with Gasteiger partial charge >= 0.3 is 6.09 Å². The second-order valence-electron chi connectivity index (χ2n) is 7.85. The van der Waals surface area contributed by atoms with Crippen LogP contribution in [0, 0.1) is 0 Å². The van der Waals surface area contributed by atoms with Crippen LogP contribution in [0.5, 0.6) is 0 Å². The fourth-order valence-corrected chi connectivity index (χ4v) is 4.59. The van der Waals surface area contributed by atoms with Crippen molar-refractivity contribution in [1.29, 1.82) is 0 Å². The van der Waals surface area contributed by atoms with E-state index in [0.29, 0.717) is 0 Å². The summed E-state index contributed by atoms with van der Waals surface area (Å²) >= 11 is 0. The Bertz CT molecular complexity index is 1620. The van der Waals surface area contributed by atoms with Crippen LogP contribution < -0.4 is 0 Å². The highest BCUT2D eigenvalue weighted by molar-refractivity contribution is 6.10. The van der Waals surface area contributed by atoms with Crippen molar-refractivity contribution >= 4 is 38.8 Å². The van der Waals surface area contributed by atoms with Gasteiger partial charge in [0.2, 0.25) is 0 Å². The maximum atomic E-state index is 12.0. The van der Waals surface area contributed by atoms with Gasteiger partial charge in [0.05, 0.1) is 23.7 Å². The van der Waals surface area contributed by atoms with E-state index in [2.05, 4.69) is 83.4 Å². The lowest BCUT2D eigenvalue weighted by atomic mass is 10.0. The molecule has 6 rings (SSSR count). The van der Waals surface area contributed by atoms with E-state index in [4.69, 9.17) is 4.74 Å². The van der Waals surface area contributed by atoms with Crippen molar-refractivity contribution in [1.82, 2.24) is 9.13 Å². The van der Waals surface area contributed by atoms with Gasteiger partial charge < -0.3 is 9.30 Å². The average molecular weight is 416 g/mol. The number of aromatic nitrogens is 2. The standard InChI is InChI=1S/C28H20N2O2/c1-32-28(31)29-16-15-21-17-19(12-14-25(21)29)20-11-13-24-23-9-5-6-10-26(23)30(27(24)18-20)22-7-3-2-4-8-22/h2-18H,1H3. The molecule has 2 aromatic heterocycles. The first-order valence-corrected chi connectivity index (χ1v) is 10.5. The first kappa shape index (κ1) is 18.5. The molecular formula is C28H20N2O2. The van der Waals surface area contributed by atoms with Crippen molar-refractivity contribution in [2.24, 2.45) is 0 Å². The summed E-state index contributed by atoms with van der Waals surface area (Å²) in [6, 6.07) is 33.7. The number of benzene rings is 4. The molecule has 0 amide bonds. The number of hydrogen-bond acceptors (Lipinski definition) is 2. The van der Waals surface area contributed by atoms with E-state index in [1.54, 1.807) is 6.20 Å². The van der Waals surface area contributed by atoms with Gasteiger partial charge in [0.25, 0.3) is 0 Å². The summed E-state index contributed by atoms with van der Waals surface area (Å²) in [6.07, 6.45) is 1.36. The zero-order valence-electron chi connectivity index (χ0n) is 17.5. The Morgan fingerprint density at radius 2 is 1.41 bits per heavy atom. The predicted molar refractivity (Wildman–Crippen MR) is 130 cm³/mol. The fraction of sp³-hybridized carbons (Fsp3) is 0.0357. The Labute approximate surface area is 184 Å². The number of carbonyl (C=O) groups excluding carboxylic acids is 1. The number of hydrogen-bond donors (Lipinski definition) is 0. The molecule has 0 aliphatic carbocycles. The van der Waals surface area contributed by atoms with Crippen LogP contribution in [0.3, 0.4) is 0 Å². The van der Waals surface area contributed by atoms with Crippen LogP contribution >= 0.6 is 0 Å². The molecule has 0 atom stereocenters. The van der Waals surface area contributed by atoms with Crippen molar-refractivity contribution in [3.63, 3.8) is 0 Å². The van der Waals surface area contributed by atoms with Gasteiger partial charge in [0.1, 0.15) is 0 Å². The molecule has 6 aromatic rings. The van der Waals surface area contributed by atoms with Crippen molar-refractivity contribution in [2.75, 3.05) is 7.11 Å². The quantitative estimate of drug-likeness (QED) is 0.304. The second kappa shape index (κ2) is 7.13. The molecule has 4 aromatic carbocycles. The van der Waals surface area contributed by atoms with Crippen molar-refractivity contribution in [2.45, 2.75) is 0 Å². The van der Waals surface area contributed by atoms with Crippen molar-refractivity contribution in [3.8, 4) is 16.8 Å². The van der Waals surface area contributed by atoms with Gasteiger partial charge in [-0.2, -0.15) is 0 Å². The molecule has 0 unspecified atom stereocenters. The number of fused-ring (bicyclic) bond motifs is 4. The number of para-hydroxylation sites is 2. The molecule has 0 fully saturated rings. The monoisotopic (exact) mass is 416 g/mol. The first-order chi connectivity index (χ1) is 15.7. The fourth-order valence-electron chi connectivity index (χ4n) is 4.59. The molecule has 0 bridgehead atoms. The summed E-state index contributed by atoms with van der Waals surface area (Å²) in [5.74, 6) is 0. The SMILES string of the molecule is COC(=O)n1ccc2cc(-c3ccc4c5ccccc5n(-c5ccccc5)c4c3)ccc21. The van der Waals surface area contributed by atoms with Crippen molar-refractivity contribution in [3.05, 3.63) is 103 Å². The van der Waals surface area contributed by atoms with E-state index in [9.17, 15) is 4.79 Å². The summed E-state index contributed by atoms with van der Waals surface area (Å²) in [7, 11) is 1.39. The van der Waals surface area contributed by atoms with Gasteiger partial charge in [-0.1, -0.05) is 54.6 Å². The minimum absolute atomic E-state index is 0.387. The minimum atomic E-state index is -0.387. The Morgan fingerprint density at radius 1 is 0.688 bits per heavy atom. The molecule has 0 spiro atoms. The van der Waals surface area contributed by atoms with E-state index < -0.39 is 0 Å². The lowest BCUT2D eigenvalue weighted by Gasteiger charge is -2.09. The zero-order chi connectivity index (χ0) is 21.7. The number of rotatable bonds is 2. The molecule has 0 aliphatic rings. The highest BCUT2D eigenvalue weighted by Crippen LogP contribution is 2.35. The number of carbonyl (C=O) groups is 1. The molecule has 4 heteroatoms. The predicted octanol–water partition coefficient (Wildman–Crippen LogP) is 7.02. The Kier molecular flexibility index (Phi) is 4.12. The number of methoxy groups -OCH3 is 1. The molecule has 0 saturated heterocycles. The molecule has 0 N–H and O–H groups in total. The van der Waals surface area contributed by atoms with Crippen LogP contribution in [0.4, 0.5) is 4.79 Å². The van der Waals surface area contributed by atoms with E-state index in [1.165, 1.54) is 33.5 Å². The van der Waals surface area contributed by atoms with Crippen LogP contribution in [0.2, 0.25) is 0 Å². The van der Waals surface area contributed by atoms with E-state index in [-0.39, 0.29) is 6.09 Å². The van der Waals surface area contributed by atoms with E-state index in [0.717, 1.165) is 27.7 Å². The lowest BCUT2D eigenvalue weighted by molar-refractivity contribution is 0.174. The normalized spacial score (nSPS) is 11.4.